The van der Waals surface area contributed by atoms with Gasteiger partial charge in [0.25, 0.3) is 10.0 Å². The molecule has 0 aliphatic heterocycles. The number of esters is 1. The second-order valence-corrected chi connectivity index (χ2v) is 7.34. The molecule has 0 saturated heterocycles. The predicted octanol–water partition coefficient (Wildman–Crippen LogP) is 2.78. The summed E-state index contributed by atoms with van der Waals surface area (Å²) in [7, 11) is -2.63. The summed E-state index contributed by atoms with van der Waals surface area (Å²) in [4.78, 5) is 12.7. The molecule has 0 N–H and O–H groups in total. The number of ether oxygens (including phenoxy) is 1. The lowest BCUT2D eigenvalue weighted by molar-refractivity contribution is -0.138. The third kappa shape index (κ3) is 4.05. The average Bonchev–Trinajstić information content (AvgIpc) is 2.60. The van der Waals surface area contributed by atoms with Gasteiger partial charge in [-0.1, -0.05) is 18.2 Å². The molecule has 0 fully saturated rings. The van der Waals surface area contributed by atoms with Crippen molar-refractivity contribution in [2.75, 3.05) is 24.2 Å². The van der Waals surface area contributed by atoms with Gasteiger partial charge in [0.05, 0.1) is 17.7 Å². The average molecular weight is 351 g/mol. The summed E-state index contributed by atoms with van der Waals surface area (Å²) in [5.74, 6) is -0.627. The number of sulfonamides is 1. The first kappa shape index (κ1) is 17.4. The fraction of sp³-hybridized carbons (Fsp3) is 0.188. The molecule has 23 heavy (non-hydrogen) atoms. The van der Waals surface area contributed by atoms with Gasteiger partial charge in [-0.15, -0.1) is 11.8 Å². The van der Waals surface area contributed by atoms with Crippen molar-refractivity contribution in [2.45, 2.75) is 9.79 Å². The van der Waals surface area contributed by atoms with Crippen LogP contribution in [0, 0.1) is 0 Å². The van der Waals surface area contributed by atoms with Crippen LogP contribution in [0.15, 0.2) is 64.4 Å². The number of methoxy groups -OCH3 is 1. The van der Waals surface area contributed by atoms with Crippen molar-refractivity contribution in [1.82, 2.24) is 0 Å². The minimum Gasteiger partial charge on any atom is -0.468 e. The summed E-state index contributed by atoms with van der Waals surface area (Å²) in [6.45, 7) is -0.382. The summed E-state index contributed by atoms with van der Waals surface area (Å²) in [6.07, 6.45) is 1.91. The molecule has 0 saturated carbocycles. The van der Waals surface area contributed by atoms with E-state index in [9.17, 15) is 13.2 Å². The molecule has 2 aromatic rings. The monoisotopic (exact) mass is 351 g/mol. The van der Waals surface area contributed by atoms with Gasteiger partial charge in [-0.3, -0.25) is 9.10 Å². The quantitative estimate of drug-likeness (QED) is 0.591. The Labute approximate surface area is 140 Å². The largest absolute Gasteiger partial charge is 0.468 e. The molecular weight excluding hydrogens is 334 g/mol. The van der Waals surface area contributed by atoms with Crippen LogP contribution in [0.4, 0.5) is 5.69 Å². The maximum absolute atomic E-state index is 12.9. The number of para-hydroxylation sites is 1. The molecule has 0 aliphatic carbocycles. The normalized spacial score (nSPS) is 11.0. The van der Waals surface area contributed by atoms with E-state index >= 15 is 0 Å². The number of rotatable bonds is 6. The van der Waals surface area contributed by atoms with Crippen LogP contribution in [0.25, 0.3) is 0 Å². The van der Waals surface area contributed by atoms with Crippen LogP contribution in [0.1, 0.15) is 0 Å². The topological polar surface area (TPSA) is 63.7 Å². The number of carbonyl (C=O) groups excluding carboxylic acids is 1. The third-order valence-corrected chi connectivity index (χ3v) is 5.72. The van der Waals surface area contributed by atoms with E-state index in [0.29, 0.717) is 5.69 Å². The van der Waals surface area contributed by atoms with Crippen LogP contribution in [-0.4, -0.2) is 34.3 Å². The molecule has 0 aromatic heterocycles. The Morgan fingerprint density at radius 1 is 1.09 bits per heavy atom. The van der Waals surface area contributed by atoms with Crippen molar-refractivity contribution in [1.29, 1.82) is 0 Å². The summed E-state index contributed by atoms with van der Waals surface area (Å²) < 4.78 is 31.5. The molecule has 0 heterocycles. The smallest absolute Gasteiger partial charge is 0.326 e. The van der Waals surface area contributed by atoms with Crippen LogP contribution in [0.3, 0.4) is 0 Å². The molecule has 7 heteroatoms. The van der Waals surface area contributed by atoms with Crippen molar-refractivity contribution in [3.8, 4) is 0 Å². The number of nitrogens with zero attached hydrogens (tertiary/aromatic N) is 1. The van der Waals surface area contributed by atoms with Gasteiger partial charge in [0.2, 0.25) is 0 Å². The zero-order valence-corrected chi connectivity index (χ0v) is 14.4. The highest BCUT2D eigenvalue weighted by Gasteiger charge is 2.27. The van der Waals surface area contributed by atoms with E-state index < -0.39 is 16.0 Å². The minimum atomic E-state index is -3.86. The Morgan fingerprint density at radius 2 is 1.70 bits per heavy atom. The molecule has 0 spiro atoms. The Balaban J connectivity index is 2.45. The van der Waals surface area contributed by atoms with E-state index in [1.54, 1.807) is 42.5 Å². The van der Waals surface area contributed by atoms with Crippen molar-refractivity contribution in [2.24, 2.45) is 0 Å². The molecule has 0 bridgehead atoms. The molecule has 0 unspecified atom stereocenters. The highest BCUT2D eigenvalue weighted by atomic mass is 32.2. The van der Waals surface area contributed by atoms with Crippen LogP contribution in [0.2, 0.25) is 0 Å². The number of anilines is 1. The molecule has 2 rings (SSSR count). The van der Waals surface area contributed by atoms with E-state index in [-0.39, 0.29) is 11.4 Å². The molecule has 5 nitrogen and oxygen atoms in total. The number of carbonyl (C=O) groups is 1. The van der Waals surface area contributed by atoms with Gasteiger partial charge in [0.1, 0.15) is 6.54 Å². The summed E-state index contributed by atoms with van der Waals surface area (Å²) in [6, 6.07) is 15.0. The van der Waals surface area contributed by atoms with Crippen LogP contribution < -0.4 is 4.31 Å². The summed E-state index contributed by atoms with van der Waals surface area (Å²) in [5, 5.41) is 0. The van der Waals surface area contributed by atoms with Crippen molar-refractivity contribution < 1.29 is 17.9 Å². The van der Waals surface area contributed by atoms with Crippen LogP contribution in [0.5, 0.6) is 0 Å². The van der Waals surface area contributed by atoms with Gasteiger partial charge < -0.3 is 4.74 Å². The highest BCUT2D eigenvalue weighted by molar-refractivity contribution is 7.98. The third-order valence-electron chi connectivity index (χ3n) is 3.19. The first-order valence-electron chi connectivity index (χ1n) is 6.77. The van der Waals surface area contributed by atoms with Gasteiger partial charge in [0.15, 0.2) is 0 Å². The minimum absolute atomic E-state index is 0.128. The van der Waals surface area contributed by atoms with Crippen molar-refractivity contribution >= 4 is 33.4 Å². The standard InChI is InChI=1S/C16H17NO4S2/c1-21-16(18)12-17(13-6-4-3-5-7-13)23(19,20)15-10-8-14(22-2)9-11-15/h3-11H,12H2,1-2H3. The van der Waals surface area contributed by atoms with E-state index in [2.05, 4.69) is 4.74 Å². The van der Waals surface area contributed by atoms with Crippen LogP contribution in [-0.2, 0) is 19.6 Å². The van der Waals surface area contributed by atoms with Gasteiger partial charge in [-0.05, 0) is 42.7 Å². The molecule has 2 aromatic carbocycles. The first-order chi connectivity index (χ1) is 11.0. The fourth-order valence-corrected chi connectivity index (χ4v) is 3.78. The van der Waals surface area contributed by atoms with E-state index in [1.165, 1.54) is 31.0 Å². The van der Waals surface area contributed by atoms with Crippen molar-refractivity contribution in [3.63, 3.8) is 0 Å². The SMILES string of the molecule is COC(=O)CN(c1ccccc1)S(=O)(=O)c1ccc(SC)cc1. The van der Waals surface area contributed by atoms with Gasteiger partial charge in [-0.25, -0.2) is 8.42 Å². The summed E-state index contributed by atoms with van der Waals surface area (Å²) in [5.41, 5.74) is 0.409. The molecule has 0 atom stereocenters. The van der Waals surface area contributed by atoms with E-state index in [4.69, 9.17) is 0 Å². The highest BCUT2D eigenvalue weighted by Crippen LogP contribution is 2.25. The van der Waals surface area contributed by atoms with E-state index in [1.807, 2.05) is 6.26 Å². The Kier molecular flexibility index (Phi) is 5.68. The maximum atomic E-state index is 12.9. The van der Waals surface area contributed by atoms with Gasteiger partial charge in [-0.2, -0.15) is 0 Å². The van der Waals surface area contributed by atoms with E-state index in [0.717, 1.165) is 9.20 Å². The predicted molar refractivity (Wildman–Crippen MR) is 91.2 cm³/mol. The molecule has 0 aliphatic rings. The molecule has 122 valence electrons. The maximum Gasteiger partial charge on any atom is 0.326 e. The lowest BCUT2D eigenvalue weighted by Crippen LogP contribution is -2.36. The zero-order valence-electron chi connectivity index (χ0n) is 12.8. The molecular formula is C16H17NO4S2. The number of hydrogen-bond donors (Lipinski definition) is 0. The zero-order chi connectivity index (χ0) is 16.9. The van der Waals surface area contributed by atoms with Gasteiger partial charge in [0, 0.05) is 4.90 Å². The lowest BCUT2D eigenvalue weighted by atomic mass is 10.3. The number of hydrogen-bond acceptors (Lipinski definition) is 5. The van der Waals surface area contributed by atoms with Crippen LogP contribution >= 0.6 is 11.8 Å². The Morgan fingerprint density at radius 3 is 2.22 bits per heavy atom. The summed E-state index contributed by atoms with van der Waals surface area (Å²) >= 11 is 1.52. The first-order valence-corrected chi connectivity index (χ1v) is 9.44. The molecule has 0 amide bonds. The Bertz CT molecular complexity index is 758. The Hall–Kier alpha value is -1.99. The lowest BCUT2D eigenvalue weighted by Gasteiger charge is -2.23. The molecule has 0 radical (unpaired) electrons. The second kappa shape index (κ2) is 7.52. The fourth-order valence-electron chi connectivity index (χ4n) is 1.97. The van der Waals surface area contributed by atoms with Crippen molar-refractivity contribution in [3.05, 3.63) is 54.6 Å². The number of benzene rings is 2. The number of thioether (sulfide) groups is 1. The van der Waals surface area contributed by atoms with Gasteiger partial charge >= 0.3 is 5.97 Å². The second-order valence-electron chi connectivity index (χ2n) is 4.60.